The van der Waals surface area contributed by atoms with Gasteiger partial charge in [0.2, 0.25) is 11.8 Å². The van der Waals surface area contributed by atoms with E-state index in [4.69, 9.17) is 5.11 Å². The van der Waals surface area contributed by atoms with Gasteiger partial charge in [-0.15, -0.1) is 0 Å². The molecule has 1 heterocycles. The molecule has 2 rings (SSSR count). The number of aliphatic carboxylic acids is 1. The molecule has 2 N–H and O–H groups in total. The van der Waals surface area contributed by atoms with Gasteiger partial charge in [0, 0.05) is 11.8 Å². The molecule has 1 fully saturated rings. The Morgan fingerprint density at radius 3 is 2.26 bits per heavy atom. The number of carbonyl (C=O) groups is 3. The van der Waals surface area contributed by atoms with Crippen molar-refractivity contribution in [3.8, 4) is 0 Å². The summed E-state index contributed by atoms with van der Waals surface area (Å²) in [6.07, 6.45) is 2.52. The second-order valence-electron chi connectivity index (χ2n) is 4.09. The molecular formula is C13H12N2O4. The van der Waals surface area contributed by atoms with Crippen LogP contribution in [0.25, 0.3) is 6.08 Å². The number of rotatable bonds is 3. The molecule has 0 atom stereocenters. The normalized spacial score (nSPS) is 15.7. The van der Waals surface area contributed by atoms with Gasteiger partial charge in [0.15, 0.2) is 0 Å². The number of piperazine rings is 1. The maximum Gasteiger partial charge on any atom is 0.328 e. The summed E-state index contributed by atoms with van der Waals surface area (Å²) in [4.78, 5) is 34.5. The highest BCUT2D eigenvalue weighted by atomic mass is 16.4. The molecule has 0 spiro atoms. The molecule has 6 nitrogen and oxygen atoms in total. The Balaban J connectivity index is 2.11. The van der Waals surface area contributed by atoms with Crippen LogP contribution in [-0.4, -0.2) is 36.0 Å². The summed E-state index contributed by atoms with van der Waals surface area (Å²) in [5.41, 5.74) is 1.48. The summed E-state index contributed by atoms with van der Waals surface area (Å²) in [6.45, 7) is 0.270. The average Bonchev–Trinajstić information content (AvgIpc) is 2.36. The van der Waals surface area contributed by atoms with E-state index in [2.05, 4.69) is 5.32 Å². The topological polar surface area (TPSA) is 86.7 Å². The monoisotopic (exact) mass is 260 g/mol. The van der Waals surface area contributed by atoms with Crippen molar-refractivity contribution in [3.05, 3.63) is 35.9 Å². The van der Waals surface area contributed by atoms with Crippen LogP contribution in [0, 0.1) is 0 Å². The minimum atomic E-state index is -1.01. The van der Waals surface area contributed by atoms with Gasteiger partial charge in [0.25, 0.3) is 0 Å². The first-order chi connectivity index (χ1) is 9.04. The zero-order valence-electron chi connectivity index (χ0n) is 10.00. The van der Waals surface area contributed by atoms with Crippen LogP contribution in [0.15, 0.2) is 30.3 Å². The van der Waals surface area contributed by atoms with Crippen molar-refractivity contribution >= 4 is 29.5 Å². The van der Waals surface area contributed by atoms with E-state index in [9.17, 15) is 14.4 Å². The van der Waals surface area contributed by atoms with Gasteiger partial charge in [-0.2, -0.15) is 0 Å². The average molecular weight is 260 g/mol. The molecule has 0 radical (unpaired) electrons. The van der Waals surface area contributed by atoms with Crippen molar-refractivity contribution in [3.63, 3.8) is 0 Å². The molecule has 6 heteroatoms. The molecule has 0 aromatic heterocycles. The number of nitrogens with zero attached hydrogens (tertiary/aromatic N) is 1. The van der Waals surface area contributed by atoms with Crippen LogP contribution in [0.3, 0.4) is 0 Å². The Bertz CT molecular complexity index is 532. The molecule has 0 saturated carbocycles. The third-order valence-corrected chi connectivity index (χ3v) is 2.62. The van der Waals surface area contributed by atoms with Gasteiger partial charge in [-0.25, -0.2) is 4.79 Å². The van der Waals surface area contributed by atoms with Gasteiger partial charge >= 0.3 is 5.97 Å². The SMILES string of the molecule is O=C(O)C=Cc1ccc(N2CC(=O)NC(=O)C2)cc1. The Hall–Kier alpha value is -2.63. The minimum absolute atomic E-state index is 0.135. The number of carbonyl (C=O) groups excluding carboxylic acids is 2. The van der Waals surface area contributed by atoms with Gasteiger partial charge < -0.3 is 10.0 Å². The summed E-state index contributed by atoms with van der Waals surface area (Å²) < 4.78 is 0. The maximum absolute atomic E-state index is 11.3. The molecule has 1 aromatic carbocycles. The molecule has 0 aliphatic carbocycles. The molecule has 98 valence electrons. The standard InChI is InChI=1S/C13H12N2O4/c16-11-7-15(8-12(17)14-11)10-4-1-9(2-5-10)3-6-13(18)19/h1-6H,7-8H2,(H,18,19)(H,14,16,17). The summed E-state index contributed by atoms with van der Waals surface area (Å²) >= 11 is 0. The summed E-state index contributed by atoms with van der Waals surface area (Å²) in [7, 11) is 0. The predicted octanol–water partition coefficient (Wildman–Crippen LogP) is 0.247. The van der Waals surface area contributed by atoms with E-state index >= 15 is 0 Å². The number of amides is 2. The fraction of sp³-hybridized carbons (Fsp3) is 0.154. The van der Waals surface area contributed by atoms with Gasteiger partial charge in [-0.3, -0.25) is 14.9 Å². The molecule has 1 aliphatic heterocycles. The Kier molecular flexibility index (Phi) is 3.61. The highest BCUT2D eigenvalue weighted by Crippen LogP contribution is 2.16. The summed E-state index contributed by atoms with van der Waals surface area (Å²) in [5, 5.41) is 10.7. The van der Waals surface area contributed by atoms with E-state index < -0.39 is 5.97 Å². The second-order valence-corrected chi connectivity index (χ2v) is 4.09. The van der Waals surface area contributed by atoms with Gasteiger partial charge in [-0.1, -0.05) is 12.1 Å². The smallest absolute Gasteiger partial charge is 0.328 e. The molecule has 2 amide bonds. The number of carboxylic acid groups (broad SMARTS) is 1. The van der Waals surface area contributed by atoms with E-state index in [1.54, 1.807) is 29.2 Å². The second kappa shape index (κ2) is 5.34. The number of imide groups is 1. The van der Waals surface area contributed by atoms with E-state index in [0.29, 0.717) is 0 Å². The van der Waals surface area contributed by atoms with E-state index in [-0.39, 0.29) is 24.9 Å². The fourth-order valence-corrected chi connectivity index (χ4v) is 1.78. The zero-order valence-corrected chi connectivity index (χ0v) is 10.00. The molecule has 1 saturated heterocycles. The summed E-state index contributed by atoms with van der Waals surface area (Å²) in [6, 6.07) is 6.94. The number of carboxylic acids is 1. The highest BCUT2D eigenvalue weighted by molar-refractivity contribution is 6.02. The lowest BCUT2D eigenvalue weighted by Crippen LogP contribution is -2.51. The zero-order chi connectivity index (χ0) is 13.8. The number of hydrogen-bond donors (Lipinski definition) is 2. The number of hydrogen-bond acceptors (Lipinski definition) is 4. The molecule has 19 heavy (non-hydrogen) atoms. The van der Waals surface area contributed by atoms with E-state index in [1.807, 2.05) is 0 Å². The highest BCUT2D eigenvalue weighted by Gasteiger charge is 2.22. The number of benzene rings is 1. The molecule has 0 bridgehead atoms. The van der Waals surface area contributed by atoms with Gasteiger partial charge in [0.1, 0.15) is 0 Å². The van der Waals surface area contributed by atoms with Crippen LogP contribution in [0.2, 0.25) is 0 Å². The van der Waals surface area contributed by atoms with Crippen LogP contribution < -0.4 is 10.2 Å². The van der Waals surface area contributed by atoms with E-state index in [1.165, 1.54) is 6.08 Å². The van der Waals surface area contributed by atoms with Gasteiger partial charge in [0.05, 0.1) is 13.1 Å². The van der Waals surface area contributed by atoms with Crippen LogP contribution >= 0.6 is 0 Å². The van der Waals surface area contributed by atoms with Crippen molar-refractivity contribution in [1.82, 2.24) is 5.32 Å². The van der Waals surface area contributed by atoms with Crippen LogP contribution in [0.1, 0.15) is 5.56 Å². The lowest BCUT2D eigenvalue weighted by atomic mass is 10.1. The largest absolute Gasteiger partial charge is 0.478 e. The molecule has 1 aromatic rings. The third kappa shape index (κ3) is 3.41. The minimum Gasteiger partial charge on any atom is -0.478 e. The molecular weight excluding hydrogens is 248 g/mol. The molecule has 1 aliphatic rings. The predicted molar refractivity (Wildman–Crippen MR) is 68.5 cm³/mol. The lowest BCUT2D eigenvalue weighted by Gasteiger charge is -2.27. The first-order valence-electron chi connectivity index (χ1n) is 5.63. The quantitative estimate of drug-likeness (QED) is 0.601. The van der Waals surface area contributed by atoms with Gasteiger partial charge in [-0.05, 0) is 23.8 Å². The van der Waals surface area contributed by atoms with Crippen molar-refractivity contribution in [2.24, 2.45) is 0 Å². The van der Waals surface area contributed by atoms with Crippen LogP contribution in [0.5, 0.6) is 0 Å². The van der Waals surface area contributed by atoms with Crippen LogP contribution in [0.4, 0.5) is 5.69 Å². The van der Waals surface area contributed by atoms with Crippen molar-refractivity contribution in [2.45, 2.75) is 0 Å². The first kappa shape index (κ1) is 12.8. The number of anilines is 1. The maximum atomic E-state index is 11.3. The third-order valence-electron chi connectivity index (χ3n) is 2.62. The van der Waals surface area contributed by atoms with Crippen molar-refractivity contribution in [2.75, 3.05) is 18.0 Å². The Morgan fingerprint density at radius 1 is 1.16 bits per heavy atom. The molecule has 0 unspecified atom stereocenters. The number of nitrogens with one attached hydrogen (secondary N) is 1. The lowest BCUT2D eigenvalue weighted by molar-refractivity contribution is -0.132. The van der Waals surface area contributed by atoms with Crippen molar-refractivity contribution in [1.29, 1.82) is 0 Å². The fourth-order valence-electron chi connectivity index (χ4n) is 1.78. The van der Waals surface area contributed by atoms with E-state index in [0.717, 1.165) is 17.3 Å². The Morgan fingerprint density at radius 2 is 1.74 bits per heavy atom. The Labute approximate surface area is 109 Å². The first-order valence-corrected chi connectivity index (χ1v) is 5.63. The summed E-state index contributed by atoms with van der Waals surface area (Å²) in [5.74, 6) is -1.67. The van der Waals surface area contributed by atoms with Crippen molar-refractivity contribution < 1.29 is 19.5 Å². The van der Waals surface area contributed by atoms with Crippen LogP contribution in [-0.2, 0) is 14.4 Å².